The molecule has 2 aliphatic heterocycles. The third-order valence-electron chi connectivity index (χ3n) is 3.51. The van der Waals surface area contributed by atoms with E-state index in [-0.39, 0.29) is 0 Å². The van der Waals surface area contributed by atoms with Crippen molar-refractivity contribution in [3.8, 4) is 0 Å². The van der Waals surface area contributed by atoms with E-state index in [9.17, 15) is 0 Å². The molecule has 3 rings (SSSR count). The number of rotatable bonds is 2. The molecule has 0 bridgehead atoms. The van der Waals surface area contributed by atoms with Gasteiger partial charge in [0.25, 0.3) is 0 Å². The maximum atomic E-state index is 5.42. The van der Waals surface area contributed by atoms with Gasteiger partial charge in [-0.15, -0.1) is 0 Å². The summed E-state index contributed by atoms with van der Waals surface area (Å²) >= 11 is 5.42. The first-order valence-corrected chi connectivity index (χ1v) is 6.61. The Morgan fingerprint density at radius 1 is 1.35 bits per heavy atom. The Balaban J connectivity index is 1.72. The van der Waals surface area contributed by atoms with Crippen molar-refractivity contribution in [3.63, 3.8) is 0 Å². The molecule has 4 heteroatoms. The Morgan fingerprint density at radius 2 is 2.24 bits per heavy atom. The van der Waals surface area contributed by atoms with Crippen molar-refractivity contribution in [2.45, 2.75) is 25.4 Å². The number of anilines is 1. The molecule has 0 saturated carbocycles. The average molecular weight is 247 g/mol. The normalized spacial score (nSPS) is 23.4. The number of benzene rings is 1. The predicted octanol–water partition coefficient (Wildman–Crippen LogP) is 1.95. The van der Waals surface area contributed by atoms with Crippen LogP contribution >= 0.6 is 12.2 Å². The number of thiocarbonyl (C=S) groups is 1. The fraction of sp³-hybridized carbons (Fsp3) is 0.462. The van der Waals surface area contributed by atoms with Gasteiger partial charge in [0.1, 0.15) is 0 Å². The van der Waals surface area contributed by atoms with E-state index >= 15 is 0 Å². The molecule has 1 aromatic carbocycles. The van der Waals surface area contributed by atoms with Crippen molar-refractivity contribution >= 4 is 23.0 Å². The molecule has 0 aliphatic carbocycles. The summed E-state index contributed by atoms with van der Waals surface area (Å²) in [5.74, 6) is 0. The Morgan fingerprint density at radius 3 is 3.06 bits per heavy atom. The van der Waals surface area contributed by atoms with E-state index in [1.165, 1.54) is 18.4 Å². The third kappa shape index (κ3) is 2.28. The van der Waals surface area contributed by atoms with Crippen molar-refractivity contribution < 1.29 is 0 Å². The zero-order chi connectivity index (χ0) is 11.7. The van der Waals surface area contributed by atoms with Crippen LogP contribution in [0.2, 0.25) is 0 Å². The molecule has 0 unspecified atom stereocenters. The number of nitrogens with one attached hydrogen (secondary N) is 2. The van der Waals surface area contributed by atoms with Crippen LogP contribution in [0.5, 0.6) is 0 Å². The summed E-state index contributed by atoms with van der Waals surface area (Å²) in [7, 11) is 0. The number of nitrogens with zero attached hydrogens (tertiary/aromatic N) is 1. The molecule has 90 valence electrons. The van der Waals surface area contributed by atoms with Gasteiger partial charge in [0.2, 0.25) is 0 Å². The van der Waals surface area contributed by atoms with E-state index < -0.39 is 0 Å². The van der Waals surface area contributed by atoms with Gasteiger partial charge < -0.3 is 15.5 Å². The SMILES string of the molecule is S=C1Nc2ccccc2CN1C[C@H]1CCCN1. The molecule has 0 amide bonds. The monoisotopic (exact) mass is 247 g/mol. The van der Waals surface area contributed by atoms with Gasteiger partial charge in [0.15, 0.2) is 5.11 Å². The van der Waals surface area contributed by atoms with Gasteiger partial charge in [-0.1, -0.05) is 18.2 Å². The first kappa shape index (κ1) is 11.0. The first-order chi connectivity index (χ1) is 8.33. The quantitative estimate of drug-likeness (QED) is 0.781. The zero-order valence-electron chi connectivity index (χ0n) is 9.78. The van der Waals surface area contributed by atoms with Crippen molar-refractivity contribution in [1.29, 1.82) is 0 Å². The first-order valence-electron chi connectivity index (χ1n) is 6.20. The lowest BCUT2D eigenvalue weighted by Gasteiger charge is -2.33. The maximum absolute atomic E-state index is 5.42. The summed E-state index contributed by atoms with van der Waals surface area (Å²) in [5, 5.41) is 7.69. The lowest BCUT2D eigenvalue weighted by molar-refractivity contribution is 0.363. The minimum absolute atomic E-state index is 0.597. The minimum Gasteiger partial charge on any atom is -0.343 e. The highest BCUT2D eigenvalue weighted by Crippen LogP contribution is 2.23. The Kier molecular flexibility index (Phi) is 2.99. The summed E-state index contributed by atoms with van der Waals surface area (Å²) in [4.78, 5) is 2.26. The molecule has 1 atom stereocenters. The molecule has 1 fully saturated rings. The van der Waals surface area contributed by atoms with Gasteiger partial charge in [0, 0.05) is 24.8 Å². The van der Waals surface area contributed by atoms with Gasteiger partial charge in [0.05, 0.1) is 0 Å². The van der Waals surface area contributed by atoms with Crippen LogP contribution in [0.3, 0.4) is 0 Å². The van der Waals surface area contributed by atoms with Crippen LogP contribution in [0.4, 0.5) is 5.69 Å². The molecule has 2 aliphatic rings. The van der Waals surface area contributed by atoms with Crippen LogP contribution in [0.15, 0.2) is 24.3 Å². The lowest BCUT2D eigenvalue weighted by Crippen LogP contribution is -2.44. The molecule has 1 saturated heterocycles. The molecular formula is C13H17N3S. The van der Waals surface area contributed by atoms with Crippen molar-refractivity contribution in [3.05, 3.63) is 29.8 Å². The van der Waals surface area contributed by atoms with E-state index in [0.29, 0.717) is 6.04 Å². The van der Waals surface area contributed by atoms with Crippen LogP contribution in [-0.2, 0) is 6.54 Å². The van der Waals surface area contributed by atoms with Crippen molar-refractivity contribution in [1.82, 2.24) is 10.2 Å². The second kappa shape index (κ2) is 4.63. The fourth-order valence-corrected chi connectivity index (χ4v) is 2.83. The largest absolute Gasteiger partial charge is 0.343 e. The molecule has 0 spiro atoms. The van der Waals surface area contributed by atoms with E-state index in [4.69, 9.17) is 12.2 Å². The van der Waals surface area contributed by atoms with E-state index in [2.05, 4.69) is 33.7 Å². The Bertz CT molecular complexity index is 426. The van der Waals surface area contributed by atoms with E-state index in [1.807, 2.05) is 6.07 Å². The highest BCUT2D eigenvalue weighted by atomic mass is 32.1. The van der Waals surface area contributed by atoms with Crippen molar-refractivity contribution in [2.24, 2.45) is 0 Å². The number of hydrogen-bond donors (Lipinski definition) is 2. The molecule has 0 aromatic heterocycles. The zero-order valence-corrected chi connectivity index (χ0v) is 10.6. The molecule has 1 aromatic rings. The molecule has 2 N–H and O–H groups in total. The van der Waals surface area contributed by atoms with Gasteiger partial charge >= 0.3 is 0 Å². The second-order valence-corrected chi connectivity index (χ2v) is 5.15. The fourth-order valence-electron chi connectivity index (χ4n) is 2.58. The van der Waals surface area contributed by atoms with Crippen molar-refractivity contribution in [2.75, 3.05) is 18.4 Å². The van der Waals surface area contributed by atoms with E-state index in [0.717, 1.165) is 30.4 Å². The summed E-state index contributed by atoms with van der Waals surface area (Å²) in [6.07, 6.45) is 2.55. The topological polar surface area (TPSA) is 27.3 Å². The predicted molar refractivity (Wildman–Crippen MR) is 74.1 cm³/mol. The summed E-state index contributed by atoms with van der Waals surface area (Å²) in [6.45, 7) is 3.09. The molecule has 17 heavy (non-hydrogen) atoms. The number of para-hydroxylation sites is 1. The van der Waals surface area contributed by atoms with Gasteiger partial charge in [-0.25, -0.2) is 0 Å². The lowest BCUT2D eigenvalue weighted by atomic mass is 10.1. The summed E-state index contributed by atoms with van der Waals surface area (Å²) in [6, 6.07) is 8.98. The Hall–Kier alpha value is -1.13. The van der Waals surface area contributed by atoms with Gasteiger partial charge in [-0.3, -0.25) is 0 Å². The number of fused-ring (bicyclic) bond motifs is 1. The summed E-state index contributed by atoms with van der Waals surface area (Å²) < 4.78 is 0. The highest BCUT2D eigenvalue weighted by molar-refractivity contribution is 7.80. The number of hydrogen-bond acceptors (Lipinski definition) is 2. The second-order valence-electron chi connectivity index (χ2n) is 4.76. The Labute approximate surface area is 107 Å². The molecular weight excluding hydrogens is 230 g/mol. The van der Waals surface area contributed by atoms with Crippen LogP contribution < -0.4 is 10.6 Å². The molecule has 3 nitrogen and oxygen atoms in total. The molecule has 0 radical (unpaired) electrons. The summed E-state index contributed by atoms with van der Waals surface area (Å²) in [5.41, 5.74) is 2.49. The maximum Gasteiger partial charge on any atom is 0.173 e. The van der Waals surface area contributed by atoms with Crippen LogP contribution in [0.1, 0.15) is 18.4 Å². The average Bonchev–Trinajstić information content (AvgIpc) is 2.83. The van der Waals surface area contributed by atoms with Gasteiger partial charge in [-0.2, -0.15) is 0 Å². The minimum atomic E-state index is 0.597. The van der Waals surface area contributed by atoms with Crippen LogP contribution in [-0.4, -0.2) is 29.1 Å². The van der Waals surface area contributed by atoms with E-state index in [1.54, 1.807) is 0 Å². The van der Waals surface area contributed by atoms with Crippen LogP contribution in [0, 0.1) is 0 Å². The van der Waals surface area contributed by atoms with Crippen LogP contribution in [0.25, 0.3) is 0 Å². The highest BCUT2D eigenvalue weighted by Gasteiger charge is 2.23. The smallest absolute Gasteiger partial charge is 0.173 e. The van der Waals surface area contributed by atoms with Gasteiger partial charge in [-0.05, 0) is 43.2 Å². The third-order valence-corrected chi connectivity index (χ3v) is 3.87. The molecule has 2 heterocycles. The standard InChI is InChI=1S/C13H17N3S/c17-13-15-12-6-2-1-4-10(12)8-16(13)9-11-5-3-7-14-11/h1-2,4,6,11,14H,3,5,7-9H2,(H,15,17)/t11-/m1/s1.